The van der Waals surface area contributed by atoms with Crippen molar-refractivity contribution in [3.05, 3.63) is 59.1 Å². The Morgan fingerprint density at radius 1 is 1.23 bits per heavy atom. The van der Waals surface area contributed by atoms with E-state index in [0.29, 0.717) is 18.1 Å². The number of aromatic hydroxyl groups is 1. The third-order valence-electron chi connectivity index (χ3n) is 5.60. The number of ether oxygens (including phenoxy) is 2. The molecule has 2 aromatic carbocycles. The van der Waals surface area contributed by atoms with Gasteiger partial charge in [0.05, 0.1) is 23.0 Å². The van der Waals surface area contributed by atoms with Crippen molar-refractivity contribution < 1.29 is 19.4 Å². The summed E-state index contributed by atoms with van der Waals surface area (Å²) in [5, 5.41) is 9.97. The van der Waals surface area contributed by atoms with E-state index in [1.165, 1.54) is 0 Å². The molecular weight excluding hydrogens is 401 g/mol. The summed E-state index contributed by atoms with van der Waals surface area (Å²) in [4.78, 5) is 15.3. The molecule has 0 bridgehead atoms. The lowest BCUT2D eigenvalue weighted by Gasteiger charge is -2.40. The summed E-state index contributed by atoms with van der Waals surface area (Å²) in [5.41, 5.74) is 0.518. The number of phenols is 1. The topological polar surface area (TPSA) is 59.0 Å². The molecule has 30 heavy (non-hydrogen) atoms. The largest absolute Gasteiger partial charge is 0.506 e. The highest BCUT2D eigenvalue weighted by Gasteiger charge is 2.43. The highest BCUT2D eigenvalue weighted by Crippen LogP contribution is 2.37. The maximum Gasteiger partial charge on any atom is 0.311 e. The van der Waals surface area contributed by atoms with Gasteiger partial charge in [0, 0.05) is 6.54 Å². The van der Waals surface area contributed by atoms with E-state index >= 15 is 0 Å². The Labute approximate surface area is 184 Å². The number of benzene rings is 2. The molecule has 1 aliphatic rings. The zero-order valence-corrected chi connectivity index (χ0v) is 18.4. The Hall–Kier alpha value is -2.18. The number of hydrogen-bond donors (Lipinski definition) is 1. The first-order valence-corrected chi connectivity index (χ1v) is 10.8. The lowest BCUT2D eigenvalue weighted by Crippen LogP contribution is -2.46. The number of para-hydroxylation sites is 1. The first kappa shape index (κ1) is 22.5. The Morgan fingerprint density at radius 2 is 1.93 bits per heavy atom. The molecule has 0 aromatic heterocycles. The quantitative estimate of drug-likeness (QED) is 0.513. The van der Waals surface area contributed by atoms with E-state index in [1.807, 2.05) is 51.2 Å². The number of piperidine rings is 1. The summed E-state index contributed by atoms with van der Waals surface area (Å²) in [6.07, 6.45) is 2.08. The molecule has 1 heterocycles. The second-order valence-electron chi connectivity index (χ2n) is 8.21. The number of halogens is 1. The van der Waals surface area contributed by atoms with E-state index in [1.54, 1.807) is 12.1 Å². The fraction of sp³-hybridized carbons (Fsp3) is 0.435. The highest BCUT2D eigenvalue weighted by molar-refractivity contribution is 6.32. The molecule has 7 heteroatoms. The van der Waals surface area contributed by atoms with Gasteiger partial charge in [0.15, 0.2) is 7.85 Å². The van der Waals surface area contributed by atoms with Gasteiger partial charge >= 0.3 is 5.97 Å². The van der Waals surface area contributed by atoms with Crippen LogP contribution in [0.2, 0.25) is 5.02 Å². The standard InChI is InChI=1S/C23H29BClNO4/c1-17(24)30-22(28)23(11-14-29-19-5-3-2-4-6-19)9-12-26(13-10-23)16-18-7-8-21(27)20(25)15-18/h2-8,15,17,27H,9-14,16,24H2,1H3. The van der Waals surface area contributed by atoms with Crippen LogP contribution < -0.4 is 4.74 Å². The molecule has 1 fully saturated rings. The molecule has 0 aliphatic carbocycles. The van der Waals surface area contributed by atoms with E-state index in [4.69, 9.17) is 21.1 Å². The van der Waals surface area contributed by atoms with Crippen LogP contribution in [0.25, 0.3) is 0 Å². The smallest absolute Gasteiger partial charge is 0.311 e. The van der Waals surface area contributed by atoms with Crippen molar-refractivity contribution in [3.63, 3.8) is 0 Å². The number of rotatable bonds is 8. The molecule has 3 rings (SSSR count). The van der Waals surface area contributed by atoms with Crippen molar-refractivity contribution >= 4 is 25.4 Å². The Bertz CT molecular complexity index is 838. The Balaban J connectivity index is 1.61. The fourth-order valence-electron chi connectivity index (χ4n) is 3.82. The summed E-state index contributed by atoms with van der Waals surface area (Å²) < 4.78 is 11.5. The minimum atomic E-state index is -0.526. The Kier molecular flexibility index (Phi) is 7.67. The average molecular weight is 430 g/mol. The van der Waals surface area contributed by atoms with Gasteiger partial charge in [0.1, 0.15) is 11.5 Å². The van der Waals surface area contributed by atoms with Crippen molar-refractivity contribution in [2.45, 2.75) is 38.7 Å². The van der Waals surface area contributed by atoms with Gasteiger partial charge in [-0.3, -0.25) is 9.69 Å². The van der Waals surface area contributed by atoms with Gasteiger partial charge in [0.2, 0.25) is 0 Å². The van der Waals surface area contributed by atoms with Crippen LogP contribution in [0.15, 0.2) is 48.5 Å². The van der Waals surface area contributed by atoms with Crippen LogP contribution in [0.3, 0.4) is 0 Å². The molecule has 1 unspecified atom stereocenters. The number of hydrogen-bond acceptors (Lipinski definition) is 5. The van der Waals surface area contributed by atoms with Crippen LogP contribution >= 0.6 is 11.6 Å². The molecule has 1 aliphatic heterocycles. The Morgan fingerprint density at radius 3 is 2.57 bits per heavy atom. The first-order chi connectivity index (χ1) is 14.4. The van der Waals surface area contributed by atoms with Crippen molar-refractivity contribution in [2.75, 3.05) is 19.7 Å². The molecule has 1 N–H and O–H groups in total. The first-order valence-electron chi connectivity index (χ1n) is 10.5. The summed E-state index contributed by atoms with van der Waals surface area (Å²) >= 11 is 6.03. The van der Waals surface area contributed by atoms with Crippen LogP contribution in [0, 0.1) is 5.41 Å². The molecule has 160 valence electrons. The van der Waals surface area contributed by atoms with Gasteiger partial charge < -0.3 is 14.6 Å². The molecule has 1 saturated heterocycles. The van der Waals surface area contributed by atoms with Crippen LogP contribution in [-0.2, 0) is 16.1 Å². The molecule has 0 saturated carbocycles. The predicted octanol–water partition coefficient (Wildman–Crippen LogP) is 3.62. The van der Waals surface area contributed by atoms with Crippen LogP contribution in [-0.4, -0.2) is 49.5 Å². The van der Waals surface area contributed by atoms with E-state index < -0.39 is 5.41 Å². The molecule has 0 amide bonds. The average Bonchev–Trinajstić information content (AvgIpc) is 2.72. The third kappa shape index (κ3) is 5.93. The predicted molar refractivity (Wildman–Crippen MR) is 121 cm³/mol. The van der Waals surface area contributed by atoms with Gasteiger partial charge in [-0.15, -0.1) is 0 Å². The number of esters is 1. The molecule has 0 spiro atoms. The van der Waals surface area contributed by atoms with Crippen molar-refractivity contribution in [3.8, 4) is 11.5 Å². The maximum absolute atomic E-state index is 13.0. The molecule has 2 aromatic rings. The molecule has 0 radical (unpaired) electrons. The fourth-order valence-corrected chi connectivity index (χ4v) is 4.03. The zero-order chi connectivity index (χ0) is 21.6. The van der Waals surface area contributed by atoms with Crippen LogP contribution in [0.1, 0.15) is 31.7 Å². The van der Waals surface area contributed by atoms with Crippen LogP contribution in [0.4, 0.5) is 0 Å². The van der Waals surface area contributed by atoms with Crippen molar-refractivity contribution in [1.82, 2.24) is 4.90 Å². The zero-order valence-electron chi connectivity index (χ0n) is 17.6. The second kappa shape index (κ2) is 10.2. The summed E-state index contributed by atoms with van der Waals surface area (Å²) in [6.45, 7) is 4.67. The van der Waals surface area contributed by atoms with Crippen molar-refractivity contribution in [1.29, 1.82) is 0 Å². The van der Waals surface area contributed by atoms with E-state index in [0.717, 1.165) is 43.8 Å². The van der Waals surface area contributed by atoms with Crippen molar-refractivity contribution in [2.24, 2.45) is 5.41 Å². The number of phenolic OH excluding ortho intramolecular Hbond substituents is 1. The lowest BCUT2D eigenvalue weighted by molar-refractivity contribution is -0.161. The monoisotopic (exact) mass is 429 g/mol. The number of nitrogens with zero attached hydrogens (tertiary/aromatic N) is 1. The van der Waals surface area contributed by atoms with Crippen LogP contribution in [0.5, 0.6) is 11.5 Å². The highest BCUT2D eigenvalue weighted by atomic mass is 35.5. The number of carbonyl (C=O) groups is 1. The lowest BCUT2D eigenvalue weighted by atomic mass is 9.75. The molecule has 5 nitrogen and oxygen atoms in total. The van der Waals surface area contributed by atoms with Gasteiger partial charge in [-0.1, -0.05) is 35.9 Å². The number of carbonyl (C=O) groups excluding carboxylic acids is 1. The third-order valence-corrected chi connectivity index (χ3v) is 5.90. The summed E-state index contributed by atoms with van der Waals surface area (Å²) in [7, 11) is 1.88. The van der Waals surface area contributed by atoms with E-state index in [2.05, 4.69) is 4.90 Å². The minimum Gasteiger partial charge on any atom is -0.506 e. The second-order valence-corrected chi connectivity index (χ2v) is 8.62. The molecule has 1 atom stereocenters. The van der Waals surface area contributed by atoms with Gasteiger partial charge in [0.25, 0.3) is 0 Å². The summed E-state index contributed by atoms with van der Waals surface area (Å²) in [5.74, 6) is 0.779. The van der Waals surface area contributed by atoms with Gasteiger partial charge in [-0.05, 0) is 69.1 Å². The van der Waals surface area contributed by atoms with E-state index in [9.17, 15) is 9.90 Å². The number of likely N-dealkylation sites (tertiary alicyclic amines) is 1. The SMILES string of the molecule is BC(C)OC(=O)C1(CCOc2ccccc2)CCN(Cc2ccc(O)c(Cl)c2)CC1. The maximum atomic E-state index is 13.0. The van der Waals surface area contributed by atoms with Gasteiger partial charge in [-0.2, -0.15) is 0 Å². The normalized spacial score (nSPS) is 17.3. The van der Waals surface area contributed by atoms with Gasteiger partial charge in [-0.25, -0.2) is 0 Å². The summed E-state index contributed by atoms with van der Waals surface area (Å²) in [6, 6.07) is 14.8. The molecular formula is C23H29BClNO4. The minimum absolute atomic E-state index is 0.0907. The van der Waals surface area contributed by atoms with E-state index in [-0.39, 0.29) is 17.7 Å².